The molecule has 1 aliphatic rings. The molecule has 0 radical (unpaired) electrons. The summed E-state index contributed by atoms with van der Waals surface area (Å²) in [6.45, 7) is 0.590. The number of nitrogens with zero attached hydrogens (tertiary/aromatic N) is 4. The van der Waals surface area contributed by atoms with Crippen molar-refractivity contribution in [2.45, 2.75) is 6.54 Å². The number of hydrazone groups is 1. The van der Waals surface area contributed by atoms with E-state index in [4.69, 9.17) is 28.3 Å². The van der Waals surface area contributed by atoms with Gasteiger partial charge in [-0.25, -0.2) is 10.4 Å². The number of hydrogen-bond donors (Lipinski definition) is 2. The van der Waals surface area contributed by atoms with Crippen LogP contribution in [0.15, 0.2) is 64.8 Å². The van der Waals surface area contributed by atoms with Crippen molar-refractivity contribution in [3.63, 3.8) is 0 Å². The maximum atomic E-state index is 11.2. The summed E-state index contributed by atoms with van der Waals surface area (Å²) < 4.78 is 1.80. The highest BCUT2D eigenvalue weighted by molar-refractivity contribution is 6.35. The van der Waals surface area contributed by atoms with Crippen molar-refractivity contribution >= 4 is 41.3 Å². The summed E-state index contributed by atoms with van der Waals surface area (Å²) in [5, 5.41) is 12.6. The lowest BCUT2D eigenvalue weighted by Crippen LogP contribution is -2.33. The van der Waals surface area contributed by atoms with Crippen molar-refractivity contribution in [1.29, 1.82) is 0 Å². The first-order valence-electron chi connectivity index (χ1n) is 8.78. The summed E-state index contributed by atoms with van der Waals surface area (Å²) in [4.78, 5) is 15.2. The molecule has 1 aromatic heterocycles. The predicted molar refractivity (Wildman–Crippen MR) is 114 cm³/mol. The molecule has 9 heteroatoms. The molecule has 0 saturated carbocycles. The molecular formula is C20H16Cl2N6O. The van der Waals surface area contributed by atoms with Crippen LogP contribution < -0.4 is 10.7 Å². The number of guanidine groups is 1. The Morgan fingerprint density at radius 3 is 2.76 bits per heavy atom. The van der Waals surface area contributed by atoms with E-state index in [9.17, 15) is 4.79 Å². The average molecular weight is 427 g/mol. The van der Waals surface area contributed by atoms with Gasteiger partial charge in [0.15, 0.2) is 0 Å². The first kappa shape index (κ1) is 19.2. The molecule has 29 heavy (non-hydrogen) atoms. The summed E-state index contributed by atoms with van der Waals surface area (Å²) in [7, 11) is 0. The molecule has 0 atom stereocenters. The molecule has 1 amide bonds. The van der Waals surface area contributed by atoms with Crippen molar-refractivity contribution in [3.05, 3.63) is 75.9 Å². The van der Waals surface area contributed by atoms with Gasteiger partial charge >= 0.3 is 0 Å². The summed E-state index contributed by atoms with van der Waals surface area (Å²) in [6, 6.07) is 15.2. The Labute approximate surface area is 177 Å². The van der Waals surface area contributed by atoms with Gasteiger partial charge in [-0.1, -0.05) is 59.6 Å². The van der Waals surface area contributed by atoms with Gasteiger partial charge in [0.1, 0.15) is 12.2 Å². The Balaban J connectivity index is 1.61. The van der Waals surface area contributed by atoms with E-state index in [0.29, 0.717) is 22.5 Å². The van der Waals surface area contributed by atoms with Gasteiger partial charge in [0.25, 0.3) is 0 Å². The Bertz CT molecular complexity index is 1110. The molecule has 7 nitrogen and oxygen atoms in total. The smallest absolute Gasteiger partial charge is 0.248 e. The zero-order valence-electron chi connectivity index (χ0n) is 15.1. The van der Waals surface area contributed by atoms with Gasteiger partial charge < -0.3 is 0 Å². The molecule has 0 fully saturated rings. The van der Waals surface area contributed by atoms with Crippen molar-refractivity contribution < 1.29 is 4.79 Å². The van der Waals surface area contributed by atoms with Gasteiger partial charge in [0, 0.05) is 27.4 Å². The Morgan fingerprint density at radius 1 is 1.21 bits per heavy atom. The average Bonchev–Trinajstić information content (AvgIpc) is 3.31. The molecule has 0 saturated heterocycles. The number of halogens is 2. The number of aliphatic imine (C=N–C) groups is 1. The van der Waals surface area contributed by atoms with Crippen molar-refractivity contribution in [2.75, 3.05) is 6.54 Å². The fraction of sp³-hybridized carbons (Fsp3) is 0.100. The molecule has 3 aromatic rings. The number of hydrogen-bond acceptors (Lipinski definition) is 5. The molecule has 1 aliphatic heterocycles. The molecule has 0 aliphatic carbocycles. The normalized spacial score (nSPS) is 13.6. The van der Waals surface area contributed by atoms with Crippen LogP contribution in [0.3, 0.4) is 0 Å². The van der Waals surface area contributed by atoms with E-state index >= 15 is 0 Å². The van der Waals surface area contributed by atoms with E-state index in [-0.39, 0.29) is 12.5 Å². The highest BCUT2D eigenvalue weighted by atomic mass is 35.5. The van der Waals surface area contributed by atoms with Gasteiger partial charge in [0.05, 0.1) is 12.8 Å². The number of rotatable bonds is 5. The molecular weight excluding hydrogens is 411 g/mol. The molecule has 2 heterocycles. The summed E-state index contributed by atoms with van der Waals surface area (Å²) in [5.74, 6) is 0.160. The van der Waals surface area contributed by atoms with Gasteiger partial charge in [-0.15, -0.1) is 0 Å². The van der Waals surface area contributed by atoms with Crippen LogP contribution in [-0.2, 0) is 11.3 Å². The summed E-state index contributed by atoms with van der Waals surface area (Å²) in [6.07, 6.45) is 3.52. The predicted octanol–water partition coefficient (Wildman–Crippen LogP) is 3.31. The van der Waals surface area contributed by atoms with E-state index in [1.165, 1.54) is 0 Å². The monoisotopic (exact) mass is 426 g/mol. The van der Waals surface area contributed by atoms with Crippen LogP contribution in [0.25, 0.3) is 11.3 Å². The number of aromatic nitrogens is 2. The second-order valence-electron chi connectivity index (χ2n) is 6.32. The zero-order valence-corrected chi connectivity index (χ0v) is 16.7. The topological polar surface area (TPSA) is 83.7 Å². The zero-order chi connectivity index (χ0) is 20.2. The second kappa shape index (κ2) is 8.46. The Hall–Kier alpha value is -3.16. The van der Waals surface area contributed by atoms with Crippen LogP contribution in [-0.4, -0.2) is 34.4 Å². The number of carbonyl (C=O) groups is 1. The minimum Gasteiger partial charge on any atom is -0.294 e. The van der Waals surface area contributed by atoms with Gasteiger partial charge in [-0.05, 0) is 17.7 Å². The molecule has 146 valence electrons. The Morgan fingerprint density at radius 2 is 2.03 bits per heavy atom. The molecule has 0 bridgehead atoms. The first-order chi connectivity index (χ1) is 14.1. The van der Waals surface area contributed by atoms with E-state index in [2.05, 4.69) is 20.8 Å². The van der Waals surface area contributed by atoms with Gasteiger partial charge in [-0.2, -0.15) is 10.2 Å². The minimum absolute atomic E-state index is 0.104. The van der Waals surface area contributed by atoms with Crippen LogP contribution in [0, 0.1) is 0 Å². The van der Waals surface area contributed by atoms with Crippen molar-refractivity contribution in [2.24, 2.45) is 10.1 Å². The molecule has 0 spiro atoms. The fourth-order valence-corrected chi connectivity index (χ4v) is 3.31. The van der Waals surface area contributed by atoms with Crippen LogP contribution in [0.1, 0.15) is 11.1 Å². The second-order valence-corrected chi connectivity index (χ2v) is 7.16. The lowest BCUT2D eigenvalue weighted by Gasteiger charge is -2.05. The molecule has 0 unspecified atom stereocenters. The van der Waals surface area contributed by atoms with E-state index in [1.54, 1.807) is 23.0 Å². The standard InChI is InChI=1S/C20H16Cl2N6O/c21-16-7-6-14(17(22)8-16)11-28-12-15(9-24-26-20-23-10-18(29)25-20)19(27-28)13-4-2-1-3-5-13/h1-9,12H,10-11H2,(H2,23,25,26,29)/b24-9+. The lowest BCUT2D eigenvalue weighted by molar-refractivity contribution is -0.117. The number of carbonyl (C=O) groups excluding carboxylic acids is 1. The van der Waals surface area contributed by atoms with Crippen molar-refractivity contribution in [1.82, 2.24) is 20.5 Å². The van der Waals surface area contributed by atoms with E-state index in [1.807, 2.05) is 42.6 Å². The maximum Gasteiger partial charge on any atom is 0.248 e. The van der Waals surface area contributed by atoms with Crippen LogP contribution >= 0.6 is 23.2 Å². The van der Waals surface area contributed by atoms with Gasteiger partial charge in [0.2, 0.25) is 11.9 Å². The summed E-state index contributed by atoms with van der Waals surface area (Å²) >= 11 is 12.3. The number of nitrogens with one attached hydrogen (secondary N) is 2. The highest BCUT2D eigenvalue weighted by Crippen LogP contribution is 2.24. The first-order valence-corrected chi connectivity index (χ1v) is 9.54. The Kier molecular flexibility index (Phi) is 5.59. The van der Waals surface area contributed by atoms with E-state index in [0.717, 1.165) is 22.4 Å². The lowest BCUT2D eigenvalue weighted by atomic mass is 10.1. The highest BCUT2D eigenvalue weighted by Gasteiger charge is 2.13. The van der Waals surface area contributed by atoms with Crippen LogP contribution in [0.4, 0.5) is 0 Å². The van der Waals surface area contributed by atoms with Gasteiger partial charge in [-0.3, -0.25) is 14.8 Å². The molecule has 4 rings (SSSR count). The van der Waals surface area contributed by atoms with Crippen LogP contribution in [0.5, 0.6) is 0 Å². The largest absolute Gasteiger partial charge is 0.294 e. The third-order valence-corrected chi connectivity index (χ3v) is 4.78. The third kappa shape index (κ3) is 4.64. The maximum absolute atomic E-state index is 11.2. The van der Waals surface area contributed by atoms with E-state index < -0.39 is 0 Å². The van der Waals surface area contributed by atoms with Crippen molar-refractivity contribution in [3.8, 4) is 11.3 Å². The number of amides is 1. The fourth-order valence-electron chi connectivity index (χ4n) is 2.85. The quantitative estimate of drug-likeness (QED) is 0.484. The molecule has 2 N–H and O–H groups in total. The minimum atomic E-state index is -0.166. The number of benzene rings is 2. The molecule has 2 aromatic carbocycles. The summed E-state index contributed by atoms with van der Waals surface area (Å²) in [5.41, 5.74) is 6.17. The SMILES string of the molecule is O=C1CN=C(N/N=C/c2cn(Cc3ccc(Cl)cc3Cl)nc2-c2ccccc2)N1. The third-order valence-electron chi connectivity index (χ3n) is 4.20. The van der Waals surface area contributed by atoms with Crippen LogP contribution in [0.2, 0.25) is 10.0 Å².